The smallest absolute Gasteiger partial charge is 0.422 e. The molecule has 0 spiro atoms. The maximum Gasteiger partial charge on any atom is 0.422 e. The number of hydrogen-bond donors (Lipinski definition) is 0. The minimum atomic E-state index is -4.36. The zero-order valence-electron chi connectivity index (χ0n) is 9.89. The summed E-state index contributed by atoms with van der Waals surface area (Å²) in [6.07, 6.45) is -2.48. The number of halogens is 4. The van der Waals surface area contributed by atoms with Crippen LogP contribution in [0.25, 0.3) is 0 Å². The Hall–Kier alpha value is -1.10. The summed E-state index contributed by atoms with van der Waals surface area (Å²) in [5.41, 5.74) is 0. The first-order valence-corrected chi connectivity index (χ1v) is 5.92. The van der Waals surface area contributed by atoms with Gasteiger partial charge in [0, 0.05) is 6.07 Å². The Labute approximate surface area is 109 Å². The molecule has 0 aliphatic carbocycles. The van der Waals surface area contributed by atoms with E-state index in [0.717, 1.165) is 12.8 Å². The summed E-state index contributed by atoms with van der Waals surface area (Å²) in [6.45, 7) is 1.22. The number of rotatable bonds is 6. The van der Waals surface area contributed by atoms with Gasteiger partial charge in [-0.25, -0.2) is 0 Å². The van der Waals surface area contributed by atoms with E-state index in [1.807, 2.05) is 6.92 Å². The van der Waals surface area contributed by atoms with Gasteiger partial charge in [-0.2, -0.15) is 13.2 Å². The maximum atomic E-state index is 11.9. The Morgan fingerprint density at radius 1 is 1.22 bits per heavy atom. The summed E-state index contributed by atoms with van der Waals surface area (Å²) in [7, 11) is 0. The van der Waals surface area contributed by atoms with Gasteiger partial charge in [0.1, 0.15) is 11.5 Å². The van der Waals surface area contributed by atoms with Crippen molar-refractivity contribution in [1.29, 1.82) is 0 Å². The Balaban J connectivity index is 2.56. The number of benzene rings is 1. The fourth-order valence-corrected chi connectivity index (χ4v) is 1.41. The number of alkyl halides is 3. The lowest BCUT2D eigenvalue weighted by Crippen LogP contribution is -2.19. The van der Waals surface area contributed by atoms with Gasteiger partial charge in [-0.05, 0) is 18.6 Å². The van der Waals surface area contributed by atoms with Crippen LogP contribution < -0.4 is 9.47 Å². The highest BCUT2D eigenvalue weighted by Gasteiger charge is 2.28. The summed E-state index contributed by atoms with van der Waals surface area (Å²) in [5, 5.41) is 0.241. The van der Waals surface area contributed by atoms with E-state index in [2.05, 4.69) is 4.74 Å². The number of unbranched alkanes of at least 4 members (excludes halogenated alkanes) is 1. The molecule has 6 heteroatoms. The molecule has 18 heavy (non-hydrogen) atoms. The van der Waals surface area contributed by atoms with Gasteiger partial charge >= 0.3 is 6.18 Å². The van der Waals surface area contributed by atoms with Crippen molar-refractivity contribution in [2.45, 2.75) is 25.9 Å². The number of hydrogen-bond acceptors (Lipinski definition) is 2. The van der Waals surface area contributed by atoms with E-state index in [4.69, 9.17) is 16.3 Å². The molecule has 1 aromatic rings. The summed E-state index contributed by atoms with van der Waals surface area (Å²) in [5.74, 6) is 0.518. The van der Waals surface area contributed by atoms with E-state index in [1.54, 1.807) is 0 Å². The van der Waals surface area contributed by atoms with E-state index in [9.17, 15) is 13.2 Å². The van der Waals surface area contributed by atoms with Crippen LogP contribution in [0, 0.1) is 0 Å². The molecule has 0 radical (unpaired) electrons. The van der Waals surface area contributed by atoms with Gasteiger partial charge in [0.25, 0.3) is 0 Å². The fraction of sp³-hybridized carbons (Fsp3) is 0.500. The average molecular weight is 283 g/mol. The third-order valence-corrected chi connectivity index (χ3v) is 2.36. The van der Waals surface area contributed by atoms with E-state index < -0.39 is 12.8 Å². The molecular formula is C12H14ClF3O2. The highest BCUT2D eigenvalue weighted by molar-refractivity contribution is 6.32. The molecule has 0 saturated carbocycles. The van der Waals surface area contributed by atoms with Crippen molar-refractivity contribution < 1.29 is 22.6 Å². The molecule has 2 nitrogen and oxygen atoms in total. The van der Waals surface area contributed by atoms with Gasteiger partial charge in [0.2, 0.25) is 0 Å². The van der Waals surface area contributed by atoms with Crippen LogP contribution in [0.15, 0.2) is 18.2 Å². The van der Waals surface area contributed by atoms with Gasteiger partial charge in [-0.3, -0.25) is 0 Å². The van der Waals surface area contributed by atoms with Crippen LogP contribution in [-0.4, -0.2) is 19.4 Å². The van der Waals surface area contributed by atoms with Crippen molar-refractivity contribution in [1.82, 2.24) is 0 Å². The lowest BCUT2D eigenvalue weighted by atomic mass is 10.3. The van der Waals surface area contributed by atoms with Gasteiger partial charge in [0.05, 0.1) is 11.6 Å². The Morgan fingerprint density at radius 2 is 1.94 bits per heavy atom. The Morgan fingerprint density at radius 3 is 2.50 bits per heavy atom. The lowest BCUT2D eigenvalue weighted by molar-refractivity contribution is -0.153. The summed E-state index contributed by atoms with van der Waals surface area (Å²) in [6, 6.07) is 4.22. The second-order valence-electron chi connectivity index (χ2n) is 3.70. The van der Waals surface area contributed by atoms with E-state index in [-0.39, 0.29) is 10.8 Å². The minimum absolute atomic E-state index is 0.0696. The van der Waals surface area contributed by atoms with Gasteiger partial charge < -0.3 is 9.47 Å². The average Bonchev–Trinajstić information content (AvgIpc) is 2.28. The molecule has 1 rings (SSSR count). The monoisotopic (exact) mass is 282 g/mol. The van der Waals surface area contributed by atoms with Crippen molar-refractivity contribution in [3.63, 3.8) is 0 Å². The van der Waals surface area contributed by atoms with Crippen LogP contribution >= 0.6 is 11.6 Å². The highest BCUT2D eigenvalue weighted by Crippen LogP contribution is 2.29. The summed E-state index contributed by atoms with van der Waals surface area (Å²) >= 11 is 5.87. The molecule has 0 aliphatic rings. The first-order valence-electron chi connectivity index (χ1n) is 5.54. The molecule has 0 fully saturated rings. The van der Waals surface area contributed by atoms with E-state index in [0.29, 0.717) is 12.4 Å². The van der Waals surface area contributed by atoms with Gasteiger partial charge in [-0.1, -0.05) is 24.9 Å². The molecule has 0 N–H and O–H groups in total. The Kier molecular flexibility index (Phi) is 5.59. The van der Waals surface area contributed by atoms with E-state index in [1.165, 1.54) is 18.2 Å². The molecule has 0 bridgehead atoms. The summed E-state index contributed by atoms with van der Waals surface area (Å²) < 4.78 is 45.8. The van der Waals surface area contributed by atoms with Crippen LogP contribution in [0.1, 0.15) is 19.8 Å². The van der Waals surface area contributed by atoms with Crippen molar-refractivity contribution in [2.75, 3.05) is 13.2 Å². The zero-order valence-corrected chi connectivity index (χ0v) is 10.6. The fourth-order valence-electron chi connectivity index (χ4n) is 1.18. The Bertz CT molecular complexity index is 380. The second kappa shape index (κ2) is 6.73. The van der Waals surface area contributed by atoms with Crippen molar-refractivity contribution in [3.05, 3.63) is 23.2 Å². The maximum absolute atomic E-state index is 11.9. The standard InChI is InChI=1S/C12H14ClF3O2/c1-2-3-6-17-11-5-4-9(7-10(11)13)18-8-12(14,15)16/h4-5,7H,2-3,6,8H2,1H3. The predicted octanol–water partition coefficient (Wildman–Crippen LogP) is 4.46. The SMILES string of the molecule is CCCCOc1ccc(OCC(F)(F)F)cc1Cl. The highest BCUT2D eigenvalue weighted by atomic mass is 35.5. The number of ether oxygens (including phenoxy) is 2. The zero-order chi connectivity index (χ0) is 13.6. The quantitative estimate of drug-likeness (QED) is 0.717. The largest absolute Gasteiger partial charge is 0.492 e. The first-order chi connectivity index (χ1) is 8.42. The first kappa shape index (κ1) is 15.0. The molecule has 0 aliphatic heterocycles. The molecule has 0 aromatic heterocycles. The lowest BCUT2D eigenvalue weighted by Gasteiger charge is -2.11. The van der Waals surface area contributed by atoms with Crippen molar-refractivity contribution in [2.24, 2.45) is 0 Å². The van der Waals surface area contributed by atoms with Crippen molar-refractivity contribution in [3.8, 4) is 11.5 Å². The van der Waals surface area contributed by atoms with Crippen LogP contribution in [0.4, 0.5) is 13.2 Å². The normalized spacial score (nSPS) is 11.4. The molecule has 0 atom stereocenters. The van der Waals surface area contributed by atoms with Crippen LogP contribution in [-0.2, 0) is 0 Å². The molecule has 0 unspecified atom stereocenters. The van der Waals surface area contributed by atoms with Crippen molar-refractivity contribution >= 4 is 11.6 Å². The predicted molar refractivity (Wildman–Crippen MR) is 63.4 cm³/mol. The molecule has 102 valence electrons. The minimum Gasteiger partial charge on any atom is -0.492 e. The van der Waals surface area contributed by atoms with Crippen LogP contribution in [0.3, 0.4) is 0 Å². The molecule has 1 aromatic carbocycles. The van der Waals surface area contributed by atoms with E-state index >= 15 is 0 Å². The van der Waals surface area contributed by atoms with Gasteiger partial charge in [-0.15, -0.1) is 0 Å². The van der Waals surface area contributed by atoms with Crippen LogP contribution in [0.2, 0.25) is 5.02 Å². The molecule has 0 amide bonds. The third-order valence-electron chi connectivity index (χ3n) is 2.06. The third kappa shape index (κ3) is 5.49. The molecule has 0 heterocycles. The molecular weight excluding hydrogens is 269 g/mol. The van der Waals surface area contributed by atoms with Gasteiger partial charge in [0.15, 0.2) is 6.61 Å². The topological polar surface area (TPSA) is 18.5 Å². The molecule has 0 saturated heterocycles. The summed E-state index contributed by atoms with van der Waals surface area (Å²) in [4.78, 5) is 0. The second-order valence-corrected chi connectivity index (χ2v) is 4.11. The van der Waals surface area contributed by atoms with Crippen LogP contribution in [0.5, 0.6) is 11.5 Å².